The first-order valence-corrected chi connectivity index (χ1v) is 7.81. The summed E-state index contributed by atoms with van der Waals surface area (Å²) in [5.74, 6) is 2.32. The lowest BCUT2D eigenvalue weighted by Crippen LogP contribution is -2.44. The number of ether oxygens (including phenoxy) is 1. The van der Waals surface area contributed by atoms with E-state index in [1.807, 2.05) is 7.05 Å². The van der Waals surface area contributed by atoms with Gasteiger partial charge in [-0.2, -0.15) is 0 Å². The van der Waals surface area contributed by atoms with Crippen LogP contribution in [0.25, 0.3) is 0 Å². The van der Waals surface area contributed by atoms with Crippen molar-refractivity contribution in [1.29, 1.82) is 0 Å². The number of nitrogens with zero attached hydrogens (tertiary/aromatic N) is 2. The molecule has 0 aromatic heterocycles. The molecule has 0 spiro atoms. The van der Waals surface area contributed by atoms with Crippen LogP contribution in [0.5, 0.6) is 0 Å². The van der Waals surface area contributed by atoms with Crippen LogP contribution < -0.4 is 10.6 Å². The Morgan fingerprint density at radius 1 is 1.29 bits per heavy atom. The van der Waals surface area contributed by atoms with E-state index in [2.05, 4.69) is 34.4 Å². The van der Waals surface area contributed by atoms with Crippen molar-refractivity contribution in [1.82, 2.24) is 15.5 Å². The lowest BCUT2D eigenvalue weighted by molar-refractivity contribution is 0.121. The van der Waals surface area contributed by atoms with Crippen LogP contribution in [-0.2, 0) is 4.74 Å². The lowest BCUT2D eigenvalue weighted by atomic mass is 9.97. The SMILES string of the molecule is CN=C(NCC(C)C)NCC1CCN(CCOC)CC1.I. The molecule has 0 aromatic carbocycles. The third-order valence-corrected chi connectivity index (χ3v) is 3.78. The number of rotatable bonds is 7. The van der Waals surface area contributed by atoms with Crippen LogP contribution in [0.1, 0.15) is 26.7 Å². The number of guanidine groups is 1. The Morgan fingerprint density at radius 2 is 1.95 bits per heavy atom. The third kappa shape index (κ3) is 9.52. The first-order valence-electron chi connectivity index (χ1n) is 7.81. The molecule has 6 heteroatoms. The van der Waals surface area contributed by atoms with Gasteiger partial charge in [0.05, 0.1) is 6.61 Å². The van der Waals surface area contributed by atoms with Gasteiger partial charge in [-0.05, 0) is 37.8 Å². The average molecular weight is 412 g/mol. The number of hydrogen-bond donors (Lipinski definition) is 2. The minimum absolute atomic E-state index is 0. The molecule has 1 saturated heterocycles. The molecule has 1 heterocycles. The molecule has 2 N–H and O–H groups in total. The molecule has 21 heavy (non-hydrogen) atoms. The summed E-state index contributed by atoms with van der Waals surface area (Å²) in [6, 6.07) is 0. The summed E-state index contributed by atoms with van der Waals surface area (Å²) < 4.78 is 5.13. The predicted octanol–water partition coefficient (Wildman–Crippen LogP) is 1.78. The number of hydrogen-bond acceptors (Lipinski definition) is 3. The minimum Gasteiger partial charge on any atom is -0.383 e. The molecule has 5 nitrogen and oxygen atoms in total. The maximum absolute atomic E-state index is 5.13. The molecule has 0 amide bonds. The number of nitrogens with one attached hydrogen (secondary N) is 2. The fourth-order valence-corrected chi connectivity index (χ4v) is 2.40. The Balaban J connectivity index is 0.00000400. The van der Waals surface area contributed by atoms with Crippen molar-refractivity contribution in [3.8, 4) is 0 Å². The highest BCUT2D eigenvalue weighted by atomic mass is 127. The molecule has 0 aliphatic carbocycles. The summed E-state index contributed by atoms with van der Waals surface area (Å²) in [6.45, 7) is 10.7. The summed E-state index contributed by atoms with van der Waals surface area (Å²) in [7, 11) is 3.61. The zero-order valence-electron chi connectivity index (χ0n) is 14.0. The summed E-state index contributed by atoms with van der Waals surface area (Å²) in [6.07, 6.45) is 2.52. The molecule has 0 saturated carbocycles. The number of methoxy groups -OCH3 is 1. The molecule has 1 rings (SSSR count). The van der Waals surface area contributed by atoms with Crippen LogP contribution in [-0.4, -0.2) is 64.3 Å². The molecule has 0 atom stereocenters. The molecular weight excluding hydrogens is 379 g/mol. The average Bonchev–Trinajstić information content (AvgIpc) is 2.46. The van der Waals surface area contributed by atoms with Crippen LogP contribution in [0, 0.1) is 11.8 Å². The lowest BCUT2D eigenvalue weighted by Gasteiger charge is -2.32. The van der Waals surface area contributed by atoms with Gasteiger partial charge in [0.1, 0.15) is 0 Å². The van der Waals surface area contributed by atoms with Gasteiger partial charge < -0.3 is 20.3 Å². The van der Waals surface area contributed by atoms with E-state index in [0.29, 0.717) is 5.92 Å². The molecule has 0 aromatic rings. The van der Waals surface area contributed by atoms with Crippen molar-refractivity contribution >= 4 is 29.9 Å². The highest BCUT2D eigenvalue weighted by molar-refractivity contribution is 14.0. The van der Waals surface area contributed by atoms with Crippen LogP contribution in [0.2, 0.25) is 0 Å². The topological polar surface area (TPSA) is 48.9 Å². The van der Waals surface area contributed by atoms with E-state index in [4.69, 9.17) is 4.74 Å². The molecule has 0 radical (unpaired) electrons. The second kappa shape index (κ2) is 12.5. The standard InChI is InChI=1S/C15H32N4O.HI/c1-13(2)11-17-15(16-3)18-12-14-5-7-19(8-6-14)9-10-20-4;/h13-14H,5-12H2,1-4H3,(H2,16,17,18);1H. The largest absolute Gasteiger partial charge is 0.383 e. The maximum Gasteiger partial charge on any atom is 0.190 e. The predicted molar refractivity (Wildman–Crippen MR) is 101 cm³/mol. The number of likely N-dealkylation sites (tertiary alicyclic amines) is 1. The molecule has 0 bridgehead atoms. The van der Waals surface area contributed by atoms with Gasteiger partial charge in [-0.3, -0.25) is 4.99 Å². The van der Waals surface area contributed by atoms with E-state index in [0.717, 1.165) is 38.1 Å². The molecule has 1 fully saturated rings. The van der Waals surface area contributed by atoms with Crippen molar-refractivity contribution in [3.63, 3.8) is 0 Å². The minimum atomic E-state index is 0. The Labute approximate surface area is 147 Å². The van der Waals surface area contributed by atoms with Crippen molar-refractivity contribution in [2.75, 3.05) is 53.5 Å². The van der Waals surface area contributed by atoms with Crippen LogP contribution >= 0.6 is 24.0 Å². The second-order valence-electron chi connectivity index (χ2n) is 6.01. The van der Waals surface area contributed by atoms with Crippen LogP contribution in [0.15, 0.2) is 4.99 Å². The van der Waals surface area contributed by atoms with Gasteiger partial charge in [0.2, 0.25) is 0 Å². The first kappa shape index (κ1) is 20.9. The van der Waals surface area contributed by atoms with Gasteiger partial charge in [0.15, 0.2) is 5.96 Å². The molecular formula is C15H33IN4O. The molecule has 1 aliphatic rings. The summed E-state index contributed by atoms with van der Waals surface area (Å²) >= 11 is 0. The smallest absolute Gasteiger partial charge is 0.190 e. The van der Waals surface area contributed by atoms with Crippen molar-refractivity contribution in [3.05, 3.63) is 0 Å². The van der Waals surface area contributed by atoms with Crippen molar-refractivity contribution in [2.45, 2.75) is 26.7 Å². The zero-order chi connectivity index (χ0) is 14.8. The second-order valence-corrected chi connectivity index (χ2v) is 6.01. The normalized spacial score (nSPS) is 17.7. The maximum atomic E-state index is 5.13. The van der Waals surface area contributed by atoms with E-state index < -0.39 is 0 Å². The van der Waals surface area contributed by atoms with Gasteiger partial charge in [0, 0.05) is 33.8 Å². The number of halogens is 1. The highest BCUT2D eigenvalue weighted by Gasteiger charge is 2.18. The van der Waals surface area contributed by atoms with Gasteiger partial charge in [-0.15, -0.1) is 24.0 Å². The van der Waals surface area contributed by atoms with E-state index in [1.165, 1.54) is 25.9 Å². The van der Waals surface area contributed by atoms with E-state index in [-0.39, 0.29) is 24.0 Å². The summed E-state index contributed by atoms with van der Waals surface area (Å²) in [5, 5.41) is 6.81. The fraction of sp³-hybridized carbons (Fsp3) is 0.933. The Kier molecular flexibility index (Phi) is 12.4. The van der Waals surface area contributed by atoms with Crippen molar-refractivity contribution in [2.24, 2.45) is 16.8 Å². The van der Waals surface area contributed by atoms with Gasteiger partial charge in [0.25, 0.3) is 0 Å². The molecule has 1 aliphatic heterocycles. The Bertz CT molecular complexity index is 279. The quantitative estimate of drug-likeness (QED) is 0.380. The number of aliphatic imine (C=N–C) groups is 1. The zero-order valence-corrected chi connectivity index (χ0v) is 16.4. The number of piperidine rings is 1. The Hall–Kier alpha value is -0.0800. The van der Waals surface area contributed by atoms with Gasteiger partial charge >= 0.3 is 0 Å². The first-order chi connectivity index (χ1) is 9.65. The van der Waals surface area contributed by atoms with Gasteiger partial charge in [-0.1, -0.05) is 13.8 Å². The fourth-order valence-electron chi connectivity index (χ4n) is 2.40. The van der Waals surface area contributed by atoms with E-state index >= 15 is 0 Å². The summed E-state index contributed by atoms with van der Waals surface area (Å²) in [4.78, 5) is 6.76. The monoisotopic (exact) mass is 412 g/mol. The van der Waals surface area contributed by atoms with E-state index in [1.54, 1.807) is 7.11 Å². The summed E-state index contributed by atoms with van der Waals surface area (Å²) in [5.41, 5.74) is 0. The van der Waals surface area contributed by atoms with E-state index in [9.17, 15) is 0 Å². The Morgan fingerprint density at radius 3 is 2.48 bits per heavy atom. The van der Waals surface area contributed by atoms with Crippen LogP contribution in [0.4, 0.5) is 0 Å². The van der Waals surface area contributed by atoms with Gasteiger partial charge in [-0.25, -0.2) is 0 Å². The molecule has 0 unspecified atom stereocenters. The molecule has 126 valence electrons. The van der Waals surface area contributed by atoms with Crippen molar-refractivity contribution < 1.29 is 4.74 Å². The third-order valence-electron chi connectivity index (χ3n) is 3.78. The highest BCUT2D eigenvalue weighted by Crippen LogP contribution is 2.15. The van der Waals surface area contributed by atoms with Crippen LogP contribution in [0.3, 0.4) is 0 Å².